The molecule has 0 bridgehead atoms. The standard InChI is InChI=1S/C25H34N2O3S/c1-5-6-15-26-25(29)20(3)27(16-21-9-7-19(2)8-10-21)24(28)18-31-17-22-11-13-23(30-4)14-12-22/h7-14,20H,5-6,15-18H2,1-4H3,(H,26,29)/t20-/m0/s1. The normalized spacial score (nSPS) is 11.6. The topological polar surface area (TPSA) is 58.6 Å². The molecule has 5 nitrogen and oxygen atoms in total. The maximum atomic E-state index is 13.1. The van der Waals surface area contributed by atoms with Gasteiger partial charge in [-0.2, -0.15) is 0 Å². The Kier molecular flexibility index (Phi) is 10.4. The lowest BCUT2D eigenvalue weighted by Gasteiger charge is -2.29. The fraction of sp³-hybridized carbons (Fsp3) is 0.440. The van der Waals surface area contributed by atoms with Gasteiger partial charge in [0.15, 0.2) is 0 Å². The summed E-state index contributed by atoms with van der Waals surface area (Å²) in [5.41, 5.74) is 3.32. The molecule has 0 aliphatic heterocycles. The van der Waals surface area contributed by atoms with Crippen LogP contribution in [0.1, 0.15) is 43.4 Å². The summed E-state index contributed by atoms with van der Waals surface area (Å²) in [7, 11) is 1.64. The Morgan fingerprint density at radius 1 is 1.06 bits per heavy atom. The number of rotatable bonds is 12. The molecule has 31 heavy (non-hydrogen) atoms. The van der Waals surface area contributed by atoms with Gasteiger partial charge in [0.05, 0.1) is 12.9 Å². The Hall–Kier alpha value is -2.47. The predicted molar refractivity (Wildman–Crippen MR) is 128 cm³/mol. The maximum absolute atomic E-state index is 13.1. The smallest absolute Gasteiger partial charge is 0.242 e. The van der Waals surface area contributed by atoms with Crippen molar-refractivity contribution in [1.82, 2.24) is 10.2 Å². The number of carbonyl (C=O) groups is 2. The van der Waals surface area contributed by atoms with E-state index >= 15 is 0 Å². The molecule has 0 spiro atoms. The summed E-state index contributed by atoms with van der Waals surface area (Å²) in [6.45, 7) is 6.99. The first-order chi connectivity index (χ1) is 14.9. The summed E-state index contributed by atoms with van der Waals surface area (Å²) in [4.78, 5) is 27.4. The van der Waals surface area contributed by atoms with Gasteiger partial charge in [-0.1, -0.05) is 55.3 Å². The first-order valence-electron chi connectivity index (χ1n) is 10.8. The number of hydrogen-bond donors (Lipinski definition) is 1. The van der Waals surface area contributed by atoms with Crippen molar-refractivity contribution >= 4 is 23.6 Å². The number of hydrogen-bond acceptors (Lipinski definition) is 4. The van der Waals surface area contributed by atoms with Crippen molar-refractivity contribution < 1.29 is 14.3 Å². The summed E-state index contributed by atoms with van der Waals surface area (Å²) < 4.78 is 5.19. The molecule has 6 heteroatoms. The number of thioether (sulfide) groups is 1. The molecule has 2 aromatic rings. The van der Waals surface area contributed by atoms with E-state index in [-0.39, 0.29) is 11.8 Å². The second-order valence-electron chi connectivity index (χ2n) is 7.67. The van der Waals surface area contributed by atoms with Crippen molar-refractivity contribution in [3.63, 3.8) is 0 Å². The lowest BCUT2D eigenvalue weighted by molar-refractivity contribution is -0.138. The first-order valence-corrected chi connectivity index (χ1v) is 11.9. The van der Waals surface area contributed by atoms with Crippen LogP contribution in [0.4, 0.5) is 0 Å². The molecule has 0 heterocycles. The van der Waals surface area contributed by atoms with Gasteiger partial charge in [-0.25, -0.2) is 0 Å². The molecule has 0 saturated heterocycles. The van der Waals surface area contributed by atoms with E-state index in [1.165, 1.54) is 5.56 Å². The summed E-state index contributed by atoms with van der Waals surface area (Å²) in [5.74, 6) is 1.73. The van der Waals surface area contributed by atoms with Crippen LogP contribution in [0.5, 0.6) is 5.75 Å². The molecule has 2 amide bonds. The van der Waals surface area contributed by atoms with E-state index in [1.807, 2.05) is 62.4 Å². The second-order valence-corrected chi connectivity index (χ2v) is 8.65. The largest absolute Gasteiger partial charge is 0.497 e. The third-order valence-electron chi connectivity index (χ3n) is 5.12. The van der Waals surface area contributed by atoms with Crippen LogP contribution in [-0.4, -0.2) is 42.2 Å². The average Bonchev–Trinajstić information content (AvgIpc) is 2.78. The van der Waals surface area contributed by atoms with Crippen LogP contribution < -0.4 is 10.1 Å². The second kappa shape index (κ2) is 13.1. The molecule has 2 aromatic carbocycles. The third kappa shape index (κ3) is 8.29. The van der Waals surface area contributed by atoms with Gasteiger partial charge in [-0.15, -0.1) is 11.8 Å². The zero-order valence-corrected chi connectivity index (χ0v) is 19.8. The zero-order chi connectivity index (χ0) is 22.6. The average molecular weight is 443 g/mol. The minimum Gasteiger partial charge on any atom is -0.497 e. The van der Waals surface area contributed by atoms with Crippen LogP contribution in [0.25, 0.3) is 0 Å². The lowest BCUT2D eigenvalue weighted by atomic mass is 10.1. The van der Waals surface area contributed by atoms with Crippen LogP contribution in [0, 0.1) is 6.92 Å². The zero-order valence-electron chi connectivity index (χ0n) is 19.0. The van der Waals surface area contributed by atoms with Crippen LogP contribution in [0.3, 0.4) is 0 Å². The van der Waals surface area contributed by atoms with Gasteiger partial charge in [0, 0.05) is 18.8 Å². The van der Waals surface area contributed by atoms with Crippen molar-refractivity contribution in [2.75, 3.05) is 19.4 Å². The molecule has 0 unspecified atom stereocenters. The summed E-state index contributed by atoms with van der Waals surface area (Å²) in [6.07, 6.45) is 1.95. The number of carbonyl (C=O) groups excluding carboxylic acids is 2. The van der Waals surface area contributed by atoms with Crippen LogP contribution in [0.15, 0.2) is 48.5 Å². The fourth-order valence-electron chi connectivity index (χ4n) is 3.07. The van der Waals surface area contributed by atoms with E-state index in [4.69, 9.17) is 4.74 Å². The molecular formula is C25H34N2O3S. The summed E-state index contributed by atoms with van der Waals surface area (Å²) in [5, 5.41) is 2.95. The van der Waals surface area contributed by atoms with Crippen molar-refractivity contribution in [2.45, 2.75) is 52.0 Å². The van der Waals surface area contributed by atoms with Crippen molar-refractivity contribution in [2.24, 2.45) is 0 Å². The summed E-state index contributed by atoms with van der Waals surface area (Å²) >= 11 is 1.56. The van der Waals surface area contributed by atoms with E-state index in [0.29, 0.717) is 18.8 Å². The Morgan fingerprint density at radius 2 is 1.71 bits per heavy atom. The minimum atomic E-state index is -0.521. The maximum Gasteiger partial charge on any atom is 0.242 e. The molecule has 2 rings (SSSR count). The SMILES string of the molecule is CCCCNC(=O)[C@H](C)N(Cc1ccc(C)cc1)C(=O)CSCc1ccc(OC)cc1. The molecule has 0 saturated carbocycles. The third-order valence-corrected chi connectivity index (χ3v) is 6.11. The highest BCUT2D eigenvalue weighted by Gasteiger charge is 2.25. The van der Waals surface area contributed by atoms with Crippen molar-refractivity contribution in [3.05, 3.63) is 65.2 Å². The fourth-order valence-corrected chi connectivity index (χ4v) is 3.94. The van der Waals surface area contributed by atoms with Crippen LogP contribution in [-0.2, 0) is 21.9 Å². The Morgan fingerprint density at radius 3 is 2.32 bits per heavy atom. The number of amides is 2. The van der Waals surface area contributed by atoms with E-state index in [2.05, 4.69) is 12.2 Å². The molecule has 1 N–H and O–H groups in total. The molecule has 0 radical (unpaired) electrons. The van der Waals surface area contributed by atoms with Gasteiger partial charge in [-0.05, 0) is 43.5 Å². The molecular weight excluding hydrogens is 408 g/mol. The molecule has 0 aromatic heterocycles. The van der Waals surface area contributed by atoms with Crippen molar-refractivity contribution in [3.8, 4) is 5.75 Å². The van der Waals surface area contributed by atoms with Crippen LogP contribution >= 0.6 is 11.8 Å². The highest BCUT2D eigenvalue weighted by atomic mass is 32.2. The molecule has 0 aliphatic rings. The number of aryl methyl sites for hydroxylation is 1. The number of ether oxygens (including phenoxy) is 1. The Labute approximate surface area is 190 Å². The number of unbranched alkanes of at least 4 members (excludes halogenated alkanes) is 1. The van der Waals surface area contributed by atoms with Crippen LogP contribution in [0.2, 0.25) is 0 Å². The molecule has 0 fully saturated rings. The molecule has 168 valence electrons. The van der Waals surface area contributed by atoms with Gasteiger partial charge in [0.2, 0.25) is 11.8 Å². The number of benzene rings is 2. The number of nitrogens with zero attached hydrogens (tertiary/aromatic N) is 1. The highest BCUT2D eigenvalue weighted by molar-refractivity contribution is 7.99. The molecule has 1 atom stereocenters. The van der Waals surface area contributed by atoms with E-state index < -0.39 is 6.04 Å². The Balaban J connectivity index is 2.01. The van der Waals surface area contributed by atoms with Gasteiger partial charge in [-0.3, -0.25) is 9.59 Å². The van der Waals surface area contributed by atoms with E-state index in [1.54, 1.807) is 23.8 Å². The first kappa shape index (κ1) is 24.8. The van der Waals surface area contributed by atoms with E-state index in [9.17, 15) is 9.59 Å². The van der Waals surface area contributed by atoms with Crippen molar-refractivity contribution in [1.29, 1.82) is 0 Å². The quantitative estimate of drug-likeness (QED) is 0.489. The summed E-state index contributed by atoms with van der Waals surface area (Å²) in [6, 6.07) is 15.4. The lowest BCUT2D eigenvalue weighted by Crippen LogP contribution is -2.48. The van der Waals surface area contributed by atoms with Gasteiger partial charge in [0.25, 0.3) is 0 Å². The van der Waals surface area contributed by atoms with Gasteiger partial charge >= 0.3 is 0 Å². The minimum absolute atomic E-state index is 0.0303. The van der Waals surface area contributed by atoms with Gasteiger partial charge < -0.3 is 15.0 Å². The molecule has 0 aliphatic carbocycles. The van der Waals surface area contributed by atoms with Gasteiger partial charge in [0.1, 0.15) is 11.8 Å². The monoisotopic (exact) mass is 442 g/mol. The predicted octanol–water partition coefficient (Wildman–Crippen LogP) is 4.57. The Bertz CT molecular complexity index is 822. The number of methoxy groups -OCH3 is 1. The highest BCUT2D eigenvalue weighted by Crippen LogP contribution is 2.18. The van der Waals surface area contributed by atoms with E-state index in [0.717, 1.165) is 35.5 Å². The number of nitrogens with one attached hydrogen (secondary N) is 1.